The number of benzene rings is 2. The summed E-state index contributed by atoms with van der Waals surface area (Å²) < 4.78 is 34.7. The van der Waals surface area contributed by atoms with Crippen LogP contribution in [0.5, 0.6) is 17.4 Å². The molecule has 0 aliphatic rings. The molecule has 2 aromatic carbocycles. The summed E-state index contributed by atoms with van der Waals surface area (Å²) in [6.45, 7) is 1.09. The minimum Gasteiger partial charge on any atom is -0.439 e. The smallest absolute Gasteiger partial charge is 0.387 e. The van der Waals surface area contributed by atoms with Gasteiger partial charge in [-0.05, 0) is 55.2 Å². The van der Waals surface area contributed by atoms with Crippen molar-refractivity contribution in [3.8, 4) is 17.4 Å². The number of aromatic nitrogens is 1. The number of alkyl halides is 2. The van der Waals surface area contributed by atoms with Crippen molar-refractivity contribution in [2.45, 2.75) is 31.8 Å². The molecule has 0 fully saturated rings. The van der Waals surface area contributed by atoms with Crippen molar-refractivity contribution in [2.75, 3.05) is 0 Å². The molecule has 1 atom stereocenters. The molecule has 0 radical (unpaired) electrons. The van der Waals surface area contributed by atoms with Crippen LogP contribution in [-0.4, -0.2) is 11.6 Å². The Morgan fingerprint density at radius 3 is 2.34 bits per heavy atom. The minimum absolute atomic E-state index is 0.138. The third-order valence-corrected chi connectivity index (χ3v) is 4.51. The molecule has 1 heterocycles. The largest absolute Gasteiger partial charge is 0.439 e. The fourth-order valence-corrected chi connectivity index (χ4v) is 3.08. The number of ether oxygens (including phenoxy) is 2. The highest BCUT2D eigenvalue weighted by Gasteiger charge is 2.10. The van der Waals surface area contributed by atoms with Gasteiger partial charge in [0.2, 0.25) is 5.88 Å². The van der Waals surface area contributed by atoms with E-state index in [9.17, 15) is 8.78 Å². The number of pyridine rings is 1. The topological polar surface area (TPSA) is 31.4 Å². The minimum atomic E-state index is -2.81. The second kappa shape index (κ2) is 10.4. The number of rotatable bonds is 10. The molecular formula is C24H23F2NO2. The van der Waals surface area contributed by atoms with Crippen LogP contribution in [0.1, 0.15) is 30.0 Å². The first-order valence-electron chi connectivity index (χ1n) is 9.50. The second-order valence-corrected chi connectivity index (χ2v) is 6.56. The molecule has 1 unspecified atom stereocenters. The van der Waals surface area contributed by atoms with E-state index in [1.807, 2.05) is 54.6 Å². The lowest BCUT2D eigenvalue weighted by Crippen LogP contribution is -2.02. The molecule has 29 heavy (non-hydrogen) atoms. The zero-order chi connectivity index (χ0) is 20.5. The van der Waals surface area contributed by atoms with Crippen molar-refractivity contribution in [2.24, 2.45) is 0 Å². The quantitative estimate of drug-likeness (QED) is 0.355. The molecule has 0 saturated carbocycles. The zero-order valence-electron chi connectivity index (χ0n) is 16.0. The van der Waals surface area contributed by atoms with Gasteiger partial charge in [0.15, 0.2) is 0 Å². The van der Waals surface area contributed by atoms with Gasteiger partial charge in [0, 0.05) is 17.7 Å². The fraction of sp³-hybridized carbons (Fsp3) is 0.208. The number of nitrogens with zero attached hydrogens (tertiary/aromatic N) is 1. The number of para-hydroxylation sites is 1. The van der Waals surface area contributed by atoms with E-state index in [1.165, 1.54) is 0 Å². The van der Waals surface area contributed by atoms with Crippen LogP contribution in [0.4, 0.5) is 8.78 Å². The number of hydrogen-bond acceptors (Lipinski definition) is 3. The lowest BCUT2D eigenvalue weighted by atomic mass is 9.93. The van der Waals surface area contributed by atoms with E-state index in [0.29, 0.717) is 5.88 Å². The average molecular weight is 395 g/mol. The van der Waals surface area contributed by atoms with Crippen LogP contribution in [0.2, 0.25) is 0 Å². The highest BCUT2D eigenvalue weighted by Crippen LogP contribution is 2.26. The molecule has 0 bridgehead atoms. The first-order valence-corrected chi connectivity index (χ1v) is 9.50. The summed E-state index contributed by atoms with van der Waals surface area (Å²) in [5.74, 6) is 1.62. The molecule has 3 nitrogen and oxygen atoms in total. The Balaban J connectivity index is 1.54. The Labute approximate surface area is 169 Å². The molecule has 5 heteroatoms. The van der Waals surface area contributed by atoms with E-state index in [2.05, 4.69) is 16.3 Å². The highest BCUT2D eigenvalue weighted by molar-refractivity contribution is 5.31. The Morgan fingerprint density at radius 1 is 0.897 bits per heavy atom. The van der Waals surface area contributed by atoms with Gasteiger partial charge >= 0.3 is 6.61 Å². The third-order valence-electron chi connectivity index (χ3n) is 4.51. The van der Waals surface area contributed by atoms with Gasteiger partial charge in [-0.15, -0.1) is 6.58 Å². The highest BCUT2D eigenvalue weighted by atomic mass is 19.3. The molecule has 0 spiro atoms. The van der Waals surface area contributed by atoms with Gasteiger partial charge in [-0.1, -0.05) is 42.5 Å². The second-order valence-electron chi connectivity index (χ2n) is 6.56. The normalized spacial score (nSPS) is 11.8. The van der Waals surface area contributed by atoms with E-state index >= 15 is 0 Å². The van der Waals surface area contributed by atoms with E-state index in [0.717, 1.165) is 36.3 Å². The molecule has 1 aromatic heterocycles. The lowest BCUT2D eigenvalue weighted by molar-refractivity contribution is -0.0498. The number of aryl methyl sites for hydroxylation is 1. The van der Waals surface area contributed by atoms with Crippen molar-refractivity contribution in [3.63, 3.8) is 0 Å². The van der Waals surface area contributed by atoms with E-state index in [-0.39, 0.29) is 11.7 Å². The van der Waals surface area contributed by atoms with Crippen molar-refractivity contribution < 1.29 is 18.3 Å². The maximum atomic E-state index is 12.3. The molecule has 0 saturated heterocycles. The van der Waals surface area contributed by atoms with Gasteiger partial charge in [-0.3, -0.25) is 0 Å². The third kappa shape index (κ3) is 6.42. The molecule has 3 aromatic rings. The number of halogens is 2. The predicted molar refractivity (Wildman–Crippen MR) is 110 cm³/mol. The summed E-state index contributed by atoms with van der Waals surface area (Å²) in [5, 5.41) is 0. The summed E-state index contributed by atoms with van der Waals surface area (Å²) in [7, 11) is 0. The van der Waals surface area contributed by atoms with E-state index in [4.69, 9.17) is 4.74 Å². The molecule has 0 N–H and O–H groups in total. The monoisotopic (exact) mass is 395 g/mol. The van der Waals surface area contributed by atoms with Gasteiger partial charge in [0.05, 0.1) is 0 Å². The summed E-state index contributed by atoms with van der Waals surface area (Å²) in [5.41, 5.74) is 1.98. The van der Waals surface area contributed by atoms with Crippen molar-refractivity contribution >= 4 is 0 Å². The van der Waals surface area contributed by atoms with Gasteiger partial charge < -0.3 is 9.47 Å². The van der Waals surface area contributed by atoms with Gasteiger partial charge in [-0.2, -0.15) is 8.78 Å². The molecular weight excluding hydrogens is 372 g/mol. The van der Waals surface area contributed by atoms with Gasteiger partial charge in [-0.25, -0.2) is 4.98 Å². The van der Waals surface area contributed by atoms with Crippen molar-refractivity contribution in [3.05, 3.63) is 96.7 Å². The van der Waals surface area contributed by atoms with Crippen LogP contribution in [-0.2, 0) is 6.42 Å². The van der Waals surface area contributed by atoms with Crippen molar-refractivity contribution in [1.29, 1.82) is 0 Å². The molecule has 0 aliphatic heterocycles. The van der Waals surface area contributed by atoms with Crippen LogP contribution in [0.15, 0.2) is 85.5 Å². The molecule has 3 rings (SSSR count). The number of allylic oxidation sites excluding steroid dienone is 1. The van der Waals surface area contributed by atoms with Crippen LogP contribution < -0.4 is 9.47 Å². The summed E-state index contributed by atoms with van der Waals surface area (Å²) >= 11 is 0. The van der Waals surface area contributed by atoms with Crippen LogP contribution in [0.3, 0.4) is 0 Å². The van der Waals surface area contributed by atoms with Crippen molar-refractivity contribution in [1.82, 2.24) is 4.98 Å². The maximum absolute atomic E-state index is 12.3. The molecule has 0 aliphatic carbocycles. The first-order chi connectivity index (χ1) is 14.1. The average Bonchev–Trinajstić information content (AvgIpc) is 2.73. The van der Waals surface area contributed by atoms with Gasteiger partial charge in [0.25, 0.3) is 0 Å². The fourth-order valence-electron chi connectivity index (χ4n) is 3.08. The standard InChI is InChI=1S/C24H23F2NO2/c1-2-18(19-14-16-22(17-15-19)29-24(25)26)8-6-9-20-10-7-13-23(27-20)28-21-11-4-3-5-12-21/h2-5,7,10-18,24H,1,6,8-9H2. The number of hydrogen-bond donors (Lipinski definition) is 0. The first kappa shape index (κ1) is 20.5. The lowest BCUT2D eigenvalue weighted by Gasteiger charge is -2.14. The molecule has 150 valence electrons. The van der Waals surface area contributed by atoms with Gasteiger partial charge in [0.1, 0.15) is 11.5 Å². The predicted octanol–water partition coefficient (Wildman–Crippen LogP) is 6.77. The Hall–Kier alpha value is -3.21. The summed E-state index contributed by atoms with van der Waals surface area (Å²) in [6, 6.07) is 22.0. The Bertz CT molecular complexity index is 898. The zero-order valence-corrected chi connectivity index (χ0v) is 16.0. The maximum Gasteiger partial charge on any atom is 0.387 e. The Morgan fingerprint density at radius 2 is 1.66 bits per heavy atom. The van der Waals surface area contributed by atoms with Crippen LogP contribution >= 0.6 is 0 Å². The summed E-state index contributed by atoms with van der Waals surface area (Å²) in [4.78, 5) is 4.57. The van der Waals surface area contributed by atoms with E-state index < -0.39 is 6.61 Å². The summed E-state index contributed by atoms with van der Waals surface area (Å²) in [6.07, 6.45) is 4.48. The SMILES string of the molecule is C=CC(CCCc1cccc(Oc2ccccc2)n1)c1ccc(OC(F)F)cc1. The van der Waals surface area contributed by atoms with Crippen LogP contribution in [0, 0.1) is 0 Å². The molecule has 0 amide bonds. The van der Waals surface area contributed by atoms with Crippen LogP contribution in [0.25, 0.3) is 0 Å². The Kier molecular flexibility index (Phi) is 7.34. The van der Waals surface area contributed by atoms with E-state index in [1.54, 1.807) is 24.3 Å².